The number of furan rings is 1. The van der Waals surface area contributed by atoms with Gasteiger partial charge in [-0.15, -0.1) is 0 Å². The van der Waals surface area contributed by atoms with Crippen molar-refractivity contribution in [2.45, 2.75) is 0 Å². The fourth-order valence-corrected chi connectivity index (χ4v) is 1.61. The molecular formula is C11H6ClFN2O4. The van der Waals surface area contributed by atoms with E-state index in [1.54, 1.807) is 0 Å². The molecule has 1 heterocycles. The standard InChI is InChI=1S/C11H6ClFN2O4/c12-10-7(3-4-19-10)11(16)14-8-2-1-6(13)5-9(8)15(17)18/h1-5H,(H,14,16). The Morgan fingerprint density at radius 1 is 1.42 bits per heavy atom. The molecule has 2 aromatic rings. The molecule has 0 atom stereocenters. The minimum Gasteiger partial charge on any atom is -0.452 e. The van der Waals surface area contributed by atoms with E-state index < -0.39 is 22.3 Å². The summed E-state index contributed by atoms with van der Waals surface area (Å²) in [4.78, 5) is 21.7. The number of hydrogen-bond donors (Lipinski definition) is 1. The lowest BCUT2D eigenvalue weighted by atomic mass is 10.2. The minimum atomic E-state index is -0.796. The van der Waals surface area contributed by atoms with Crippen molar-refractivity contribution in [2.24, 2.45) is 0 Å². The first-order valence-corrected chi connectivity index (χ1v) is 5.35. The van der Waals surface area contributed by atoms with E-state index in [4.69, 9.17) is 16.0 Å². The largest absolute Gasteiger partial charge is 0.452 e. The van der Waals surface area contributed by atoms with Crippen LogP contribution in [0.25, 0.3) is 0 Å². The third-order valence-electron chi connectivity index (χ3n) is 2.27. The van der Waals surface area contributed by atoms with Crippen LogP contribution in [0.3, 0.4) is 0 Å². The number of amides is 1. The topological polar surface area (TPSA) is 85.4 Å². The number of benzene rings is 1. The van der Waals surface area contributed by atoms with E-state index in [1.807, 2.05) is 0 Å². The summed E-state index contributed by atoms with van der Waals surface area (Å²) >= 11 is 5.61. The SMILES string of the molecule is O=C(Nc1ccc(F)cc1[N+](=O)[O-])c1ccoc1Cl. The molecular weight excluding hydrogens is 279 g/mol. The van der Waals surface area contributed by atoms with Gasteiger partial charge in [0.05, 0.1) is 22.8 Å². The number of nitro groups is 1. The van der Waals surface area contributed by atoms with Gasteiger partial charge in [-0.2, -0.15) is 0 Å². The number of nitrogens with one attached hydrogen (secondary N) is 1. The lowest BCUT2D eigenvalue weighted by Crippen LogP contribution is -2.12. The van der Waals surface area contributed by atoms with Crippen LogP contribution < -0.4 is 5.32 Å². The fourth-order valence-electron chi connectivity index (χ4n) is 1.41. The highest BCUT2D eigenvalue weighted by Crippen LogP contribution is 2.26. The summed E-state index contributed by atoms with van der Waals surface area (Å²) < 4.78 is 17.7. The average molecular weight is 285 g/mol. The first kappa shape index (κ1) is 13.0. The zero-order chi connectivity index (χ0) is 14.0. The Morgan fingerprint density at radius 2 is 2.16 bits per heavy atom. The molecule has 1 amide bonds. The molecule has 1 N–H and O–H groups in total. The van der Waals surface area contributed by atoms with Gasteiger partial charge < -0.3 is 9.73 Å². The molecule has 6 nitrogen and oxygen atoms in total. The minimum absolute atomic E-state index is 0.0280. The molecule has 0 bridgehead atoms. The van der Waals surface area contributed by atoms with Gasteiger partial charge >= 0.3 is 0 Å². The van der Waals surface area contributed by atoms with E-state index in [1.165, 1.54) is 12.3 Å². The first-order valence-electron chi connectivity index (χ1n) is 4.97. The van der Waals surface area contributed by atoms with Crippen molar-refractivity contribution in [1.82, 2.24) is 0 Å². The number of rotatable bonds is 3. The normalized spacial score (nSPS) is 10.2. The van der Waals surface area contributed by atoms with Gasteiger partial charge in [0.2, 0.25) is 5.22 Å². The van der Waals surface area contributed by atoms with Crippen molar-refractivity contribution in [3.05, 3.63) is 57.2 Å². The van der Waals surface area contributed by atoms with Gasteiger partial charge in [0, 0.05) is 0 Å². The quantitative estimate of drug-likeness (QED) is 0.692. The molecule has 0 saturated carbocycles. The van der Waals surface area contributed by atoms with Gasteiger partial charge in [0.1, 0.15) is 11.5 Å². The van der Waals surface area contributed by atoms with Gasteiger partial charge in [-0.05, 0) is 29.8 Å². The molecule has 0 aliphatic heterocycles. The smallest absolute Gasteiger partial charge is 0.295 e. The summed E-state index contributed by atoms with van der Waals surface area (Å²) in [7, 11) is 0. The van der Waals surface area contributed by atoms with Gasteiger partial charge in [-0.3, -0.25) is 14.9 Å². The lowest BCUT2D eigenvalue weighted by Gasteiger charge is -2.04. The maximum atomic E-state index is 12.9. The van der Waals surface area contributed by atoms with Crippen LogP contribution in [0.2, 0.25) is 5.22 Å². The van der Waals surface area contributed by atoms with Crippen LogP contribution in [0.15, 0.2) is 34.9 Å². The number of nitro benzene ring substituents is 1. The van der Waals surface area contributed by atoms with Gasteiger partial charge in [0.15, 0.2) is 0 Å². The molecule has 0 unspecified atom stereocenters. The van der Waals surface area contributed by atoms with Crippen LogP contribution in [-0.2, 0) is 0 Å². The predicted octanol–water partition coefficient (Wildman–Crippen LogP) is 3.23. The zero-order valence-corrected chi connectivity index (χ0v) is 9.98. The van der Waals surface area contributed by atoms with E-state index in [2.05, 4.69) is 5.32 Å². The summed E-state index contributed by atoms with van der Waals surface area (Å²) in [6.45, 7) is 0. The Balaban J connectivity index is 2.32. The summed E-state index contributed by atoms with van der Waals surface area (Å²) in [5, 5.41) is 12.9. The van der Waals surface area contributed by atoms with E-state index >= 15 is 0 Å². The van der Waals surface area contributed by atoms with E-state index in [-0.39, 0.29) is 16.5 Å². The Bertz CT molecular complexity index is 656. The molecule has 1 aromatic carbocycles. The van der Waals surface area contributed by atoms with Crippen LogP contribution >= 0.6 is 11.6 Å². The maximum absolute atomic E-state index is 12.9. The number of halogens is 2. The second-order valence-electron chi connectivity index (χ2n) is 3.48. The van der Waals surface area contributed by atoms with Gasteiger partial charge in [0.25, 0.3) is 11.6 Å². The first-order chi connectivity index (χ1) is 8.99. The molecule has 0 spiro atoms. The van der Waals surface area contributed by atoms with Crippen molar-refractivity contribution >= 4 is 28.9 Å². The highest BCUT2D eigenvalue weighted by molar-refractivity contribution is 6.32. The number of hydrogen-bond acceptors (Lipinski definition) is 4. The van der Waals surface area contributed by atoms with Crippen molar-refractivity contribution < 1.29 is 18.5 Å². The van der Waals surface area contributed by atoms with Crippen LogP contribution in [0.4, 0.5) is 15.8 Å². The Hall–Kier alpha value is -2.41. The molecule has 0 aliphatic carbocycles. The van der Waals surface area contributed by atoms with Crippen LogP contribution in [0.5, 0.6) is 0 Å². The van der Waals surface area contributed by atoms with Crippen molar-refractivity contribution in [1.29, 1.82) is 0 Å². The molecule has 8 heteroatoms. The zero-order valence-electron chi connectivity index (χ0n) is 9.22. The second kappa shape index (κ2) is 5.07. The Morgan fingerprint density at radius 3 is 2.74 bits per heavy atom. The predicted molar refractivity (Wildman–Crippen MR) is 64.7 cm³/mol. The van der Waals surface area contributed by atoms with Crippen molar-refractivity contribution in [2.75, 3.05) is 5.32 Å². The summed E-state index contributed by atoms with van der Waals surface area (Å²) in [6, 6.07) is 4.12. The van der Waals surface area contributed by atoms with E-state index in [0.29, 0.717) is 6.07 Å². The summed E-state index contributed by atoms with van der Waals surface area (Å²) in [5.41, 5.74) is -0.651. The van der Waals surface area contributed by atoms with Gasteiger partial charge in [-0.25, -0.2) is 4.39 Å². The van der Waals surface area contributed by atoms with Crippen LogP contribution in [-0.4, -0.2) is 10.8 Å². The average Bonchev–Trinajstić information content (AvgIpc) is 2.77. The van der Waals surface area contributed by atoms with Gasteiger partial charge in [-0.1, -0.05) is 0 Å². The van der Waals surface area contributed by atoms with Crippen molar-refractivity contribution in [3.63, 3.8) is 0 Å². The van der Waals surface area contributed by atoms with E-state index in [0.717, 1.165) is 12.1 Å². The van der Waals surface area contributed by atoms with Crippen LogP contribution in [0.1, 0.15) is 10.4 Å². The molecule has 0 fully saturated rings. The Labute approximate surface area is 110 Å². The molecule has 2 rings (SSSR count). The molecule has 19 heavy (non-hydrogen) atoms. The number of nitrogens with zero attached hydrogens (tertiary/aromatic N) is 1. The summed E-state index contributed by atoms with van der Waals surface area (Å²) in [6.07, 6.45) is 1.20. The lowest BCUT2D eigenvalue weighted by molar-refractivity contribution is -0.384. The van der Waals surface area contributed by atoms with Crippen molar-refractivity contribution in [3.8, 4) is 0 Å². The number of anilines is 1. The number of carbonyl (C=O) groups is 1. The van der Waals surface area contributed by atoms with E-state index in [9.17, 15) is 19.3 Å². The molecule has 0 radical (unpaired) electrons. The third-order valence-corrected chi connectivity index (χ3v) is 2.56. The second-order valence-corrected chi connectivity index (χ2v) is 3.82. The molecule has 0 saturated heterocycles. The Kier molecular flexibility index (Phi) is 3.48. The molecule has 0 aliphatic rings. The monoisotopic (exact) mass is 284 g/mol. The van der Waals surface area contributed by atoms with Crippen LogP contribution in [0, 0.1) is 15.9 Å². The number of carbonyl (C=O) groups excluding carboxylic acids is 1. The molecule has 1 aromatic heterocycles. The highest BCUT2D eigenvalue weighted by atomic mass is 35.5. The third kappa shape index (κ3) is 2.71. The summed E-state index contributed by atoms with van der Waals surface area (Å²) in [5.74, 6) is -1.46. The fraction of sp³-hybridized carbons (Fsp3) is 0. The molecule has 98 valence electrons. The highest BCUT2D eigenvalue weighted by Gasteiger charge is 2.19. The maximum Gasteiger partial charge on any atom is 0.295 e.